The summed E-state index contributed by atoms with van der Waals surface area (Å²) in [5, 5.41) is 0. The maximum Gasteiger partial charge on any atom is 0.119 e. The van der Waals surface area contributed by atoms with Crippen molar-refractivity contribution in [2.45, 2.75) is 38.1 Å². The van der Waals surface area contributed by atoms with Crippen LogP contribution in [-0.2, 0) is 0 Å². The average molecular weight is 231 g/mol. The Morgan fingerprint density at radius 3 is 2.82 bits per heavy atom. The Balaban J connectivity index is 1.66. The van der Waals surface area contributed by atoms with Crippen molar-refractivity contribution in [3.8, 4) is 5.75 Å². The third-order valence-electron chi connectivity index (χ3n) is 3.14. The molecule has 1 aromatic carbocycles. The highest BCUT2D eigenvalue weighted by Gasteiger charge is 2.09. The van der Waals surface area contributed by atoms with E-state index in [0.29, 0.717) is 0 Å². The summed E-state index contributed by atoms with van der Waals surface area (Å²) < 4.78 is 5.67. The number of nitrogens with two attached hydrogens (primary N) is 1. The second-order valence-corrected chi connectivity index (χ2v) is 4.65. The smallest absolute Gasteiger partial charge is 0.119 e. The predicted octanol–water partition coefficient (Wildman–Crippen LogP) is 3.28. The van der Waals surface area contributed by atoms with E-state index in [4.69, 9.17) is 10.5 Å². The molecule has 2 heteroatoms. The highest BCUT2D eigenvalue weighted by atomic mass is 16.5. The molecule has 92 valence electrons. The third kappa shape index (κ3) is 4.23. The molecule has 17 heavy (non-hydrogen) atoms. The Kier molecular flexibility index (Phi) is 4.63. The fraction of sp³-hybridized carbons (Fsp3) is 0.467. The maximum absolute atomic E-state index is 5.91. The molecule has 0 bridgehead atoms. The zero-order valence-electron chi connectivity index (χ0n) is 10.3. The van der Waals surface area contributed by atoms with Crippen molar-refractivity contribution in [1.82, 2.24) is 0 Å². The molecule has 0 aromatic heterocycles. The molecule has 1 atom stereocenters. The van der Waals surface area contributed by atoms with Crippen LogP contribution in [0.15, 0.2) is 42.0 Å². The molecule has 0 saturated heterocycles. The third-order valence-corrected chi connectivity index (χ3v) is 3.14. The van der Waals surface area contributed by atoms with Crippen LogP contribution in [0.4, 0.5) is 0 Å². The van der Waals surface area contributed by atoms with Crippen LogP contribution < -0.4 is 10.5 Å². The van der Waals surface area contributed by atoms with Gasteiger partial charge in [-0.15, -0.1) is 0 Å². The molecule has 1 aliphatic carbocycles. The van der Waals surface area contributed by atoms with E-state index in [0.717, 1.165) is 31.6 Å². The number of rotatable bonds is 5. The molecule has 0 aliphatic heterocycles. The molecule has 1 unspecified atom stereocenters. The molecule has 2 rings (SSSR count). The molecule has 0 heterocycles. The zero-order valence-corrected chi connectivity index (χ0v) is 10.3. The summed E-state index contributed by atoms with van der Waals surface area (Å²) in [4.78, 5) is 0. The van der Waals surface area contributed by atoms with Crippen molar-refractivity contribution < 1.29 is 4.74 Å². The van der Waals surface area contributed by atoms with Gasteiger partial charge in [-0.25, -0.2) is 0 Å². The van der Waals surface area contributed by atoms with Gasteiger partial charge in [0.15, 0.2) is 0 Å². The van der Waals surface area contributed by atoms with Gasteiger partial charge in [0, 0.05) is 6.04 Å². The molecule has 0 spiro atoms. The van der Waals surface area contributed by atoms with E-state index in [-0.39, 0.29) is 6.04 Å². The monoisotopic (exact) mass is 231 g/mol. The Hall–Kier alpha value is -1.28. The zero-order chi connectivity index (χ0) is 11.9. The molecule has 2 nitrogen and oxygen atoms in total. The SMILES string of the molecule is NC1C=C(CCCOc2ccccc2)CCC1. The minimum absolute atomic E-state index is 0.286. The predicted molar refractivity (Wildman–Crippen MR) is 71.1 cm³/mol. The lowest BCUT2D eigenvalue weighted by Gasteiger charge is -2.17. The summed E-state index contributed by atoms with van der Waals surface area (Å²) in [5.74, 6) is 0.960. The van der Waals surface area contributed by atoms with Gasteiger partial charge >= 0.3 is 0 Å². The first-order valence-corrected chi connectivity index (χ1v) is 6.47. The first-order chi connectivity index (χ1) is 8.34. The van der Waals surface area contributed by atoms with Gasteiger partial charge in [0.2, 0.25) is 0 Å². The van der Waals surface area contributed by atoms with Crippen LogP contribution in [0.2, 0.25) is 0 Å². The summed E-state index contributed by atoms with van der Waals surface area (Å²) in [6.45, 7) is 0.788. The second-order valence-electron chi connectivity index (χ2n) is 4.65. The number of ether oxygens (including phenoxy) is 1. The van der Waals surface area contributed by atoms with Gasteiger partial charge in [0.25, 0.3) is 0 Å². The Morgan fingerprint density at radius 1 is 1.24 bits per heavy atom. The summed E-state index contributed by atoms with van der Waals surface area (Å²) in [5.41, 5.74) is 7.43. The molecule has 1 aliphatic rings. The molecule has 0 amide bonds. The van der Waals surface area contributed by atoms with Crippen LogP contribution in [0, 0.1) is 0 Å². The van der Waals surface area contributed by atoms with E-state index in [1.54, 1.807) is 0 Å². The lowest BCUT2D eigenvalue weighted by molar-refractivity contribution is 0.310. The minimum Gasteiger partial charge on any atom is -0.494 e. The van der Waals surface area contributed by atoms with Gasteiger partial charge in [0.05, 0.1) is 6.61 Å². The molecule has 1 aromatic rings. The number of hydrogen-bond acceptors (Lipinski definition) is 2. The number of benzene rings is 1. The molecule has 2 N–H and O–H groups in total. The normalized spacial score (nSPS) is 19.8. The fourth-order valence-corrected chi connectivity index (χ4v) is 2.25. The molecule has 0 saturated carbocycles. The van der Waals surface area contributed by atoms with Gasteiger partial charge in [-0.2, -0.15) is 0 Å². The van der Waals surface area contributed by atoms with Crippen LogP contribution in [-0.4, -0.2) is 12.6 Å². The highest BCUT2D eigenvalue weighted by molar-refractivity contribution is 5.20. The fourth-order valence-electron chi connectivity index (χ4n) is 2.25. The molecule has 0 fully saturated rings. The maximum atomic E-state index is 5.91. The van der Waals surface area contributed by atoms with Crippen molar-refractivity contribution in [2.75, 3.05) is 6.61 Å². The Labute approximate surface area is 103 Å². The summed E-state index contributed by atoms with van der Waals surface area (Å²) in [6, 6.07) is 10.3. The van der Waals surface area contributed by atoms with Gasteiger partial charge in [-0.05, 0) is 44.2 Å². The van der Waals surface area contributed by atoms with Crippen molar-refractivity contribution in [3.63, 3.8) is 0 Å². The largest absolute Gasteiger partial charge is 0.494 e. The summed E-state index contributed by atoms with van der Waals surface area (Å²) in [7, 11) is 0. The van der Waals surface area contributed by atoms with E-state index in [1.807, 2.05) is 30.3 Å². The summed E-state index contributed by atoms with van der Waals surface area (Å²) >= 11 is 0. The minimum atomic E-state index is 0.286. The van der Waals surface area contributed by atoms with Crippen LogP contribution in [0.5, 0.6) is 5.75 Å². The highest BCUT2D eigenvalue weighted by Crippen LogP contribution is 2.21. The number of allylic oxidation sites excluding steroid dienone is 1. The van der Waals surface area contributed by atoms with Gasteiger partial charge in [-0.1, -0.05) is 29.8 Å². The van der Waals surface area contributed by atoms with Crippen molar-refractivity contribution >= 4 is 0 Å². The Bertz CT molecular complexity index is 358. The topological polar surface area (TPSA) is 35.2 Å². The van der Waals surface area contributed by atoms with Crippen LogP contribution in [0.25, 0.3) is 0 Å². The van der Waals surface area contributed by atoms with Gasteiger partial charge < -0.3 is 10.5 Å². The number of hydrogen-bond donors (Lipinski definition) is 1. The molecule has 0 radical (unpaired) electrons. The van der Waals surface area contributed by atoms with E-state index in [1.165, 1.54) is 18.4 Å². The standard InChI is InChI=1S/C15H21NO/c16-14-8-4-6-13(12-14)7-5-11-17-15-9-2-1-3-10-15/h1-3,9-10,12,14H,4-8,11,16H2. The van der Waals surface area contributed by atoms with Crippen molar-refractivity contribution in [2.24, 2.45) is 5.73 Å². The lowest BCUT2D eigenvalue weighted by atomic mass is 9.93. The average Bonchev–Trinajstić information content (AvgIpc) is 2.36. The first-order valence-electron chi connectivity index (χ1n) is 6.47. The summed E-state index contributed by atoms with van der Waals surface area (Å²) in [6.07, 6.45) is 8.05. The van der Waals surface area contributed by atoms with Crippen molar-refractivity contribution in [1.29, 1.82) is 0 Å². The van der Waals surface area contributed by atoms with E-state index in [9.17, 15) is 0 Å². The van der Waals surface area contributed by atoms with Crippen molar-refractivity contribution in [3.05, 3.63) is 42.0 Å². The van der Waals surface area contributed by atoms with E-state index in [2.05, 4.69) is 6.08 Å². The van der Waals surface area contributed by atoms with Crippen LogP contribution in [0.3, 0.4) is 0 Å². The Morgan fingerprint density at radius 2 is 2.06 bits per heavy atom. The van der Waals surface area contributed by atoms with Gasteiger partial charge in [0.1, 0.15) is 5.75 Å². The van der Waals surface area contributed by atoms with E-state index < -0.39 is 0 Å². The molecular weight excluding hydrogens is 210 g/mol. The second kappa shape index (κ2) is 6.45. The number of para-hydroxylation sites is 1. The molecular formula is C15H21NO. The van der Waals surface area contributed by atoms with Gasteiger partial charge in [-0.3, -0.25) is 0 Å². The first kappa shape index (κ1) is 12.2. The van der Waals surface area contributed by atoms with E-state index >= 15 is 0 Å². The quantitative estimate of drug-likeness (QED) is 0.623. The van der Waals surface area contributed by atoms with Crippen LogP contribution in [0.1, 0.15) is 32.1 Å². The lowest BCUT2D eigenvalue weighted by Crippen LogP contribution is -2.20. The van der Waals surface area contributed by atoms with Crippen LogP contribution >= 0.6 is 0 Å².